The van der Waals surface area contributed by atoms with Crippen molar-refractivity contribution in [2.24, 2.45) is 0 Å². The number of hydrogen-bond donors (Lipinski definition) is 1. The van der Waals surface area contributed by atoms with Gasteiger partial charge in [-0.1, -0.05) is 36.4 Å². The smallest absolute Gasteiger partial charge is 0.161 e. The number of benzene rings is 2. The lowest BCUT2D eigenvalue weighted by molar-refractivity contribution is 0.0732. The van der Waals surface area contributed by atoms with E-state index in [1.165, 1.54) is 5.56 Å². The first-order valence-electron chi connectivity index (χ1n) is 9.79. The van der Waals surface area contributed by atoms with E-state index in [4.69, 9.17) is 9.47 Å². The summed E-state index contributed by atoms with van der Waals surface area (Å²) in [4.78, 5) is 4.35. The number of ether oxygens (including phenoxy) is 2. The molecule has 2 rings (SSSR count). The SMILES string of the molecule is COc1ccc(CN(C)C(C)C)cc1OC[C@H](O)CN(C)Cc1ccccc1. The highest BCUT2D eigenvalue weighted by Gasteiger charge is 2.13. The van der Waals surface area contributed by atoms with E-state index in [9.17, 15) is 5.11 Å². The zero-order chi connectivity index (χ0) is 20.5. The van der Waals surface area contributed by atoms with Crippen LogP contribution in [0.5, 0.6) is 11.5 Å². The predicted molar refractivity (Wildman–Crippen MR) is 114 cm³/mol. The minimum Gasteiger partial charge on any atom is -0.493 e. The Morgan fingerprint density at radius 1 is 0.929 bits per heavy atom. The van der Waals surface area contributed by atoms with Gasteiger partial charge < -0.3 is 14.6 Å². The maximum atomic E-state index is 10.4. The van der Waals surface area contributed by atoms with Crippen LogP contribution in [0.15, 0.2) is 48.5 Å². The Labute approximate surface area is 169 Å². The molecule has 0 radical (unpaired) electrons. The van der Waals surface area contributed by atoms with Crippen molar-refractivity contribution in [3.05, 3.63) is 59.7 Å². The number of methoxy groups -OCH3 is 1. The number of hydrogen-bond acceptors (Lipinski definition) is 5. The van der Waals surface area contributed by atoms with E-state index >= 15 is 0 Å². The molecule has 0 aliphatic heterocycles. The topological polar surface area (TPSA) is 45.2 Å². The van der Waals surface area contributed by atoms with E-state index in [0.29, 0.717) is 24.1 Å². The minimum atomic E-state index is -0.583. The minimum absolute atomic E-state index is 0.221. The molecule has 0 fully saturated rings. The number of rotatable bonds is 11. The van der Waals surface area contributed by atoms with Gasteiger partial charge in [0.05, 0.1) is 7.11 Å². The summed E-state index contributed by atoms with van der Waals surface area (Å²) in [5, 5.41) is 10.4. The van der Waals surface area contributed by atoms with Crippen LogP contribution in [0.4, 0.5) is 0 Å². The molecule has 1 atom stereocenters. The van der Waals surface area contributed by atoms with Gasteiger partial charge >= 0.3 is 0 Å². The number of aliphatic hydroxyl groups is 1. The molecule has 1 N–H and O–H groups in total. The molecule has 2 aromatic carbocycles. The van der Waals surface area contributed by atoms with Crippen LogP contribution in [0.2, 0.25) is 0 Å². The van der Waals surface area contributed by atoms with Crippen molar-refractivity contribution >= 4 is 0 Å². The molecular formula is C23H34N2O3. The van der Waals surface area contributed by atoms with Gasteiger partial charge in [0, 0.05) is 25.7 Å². The monoisotopic (exact) mass is 386 g/mol. The lowest BCUT2D eigenvalue weighted by atomic mass is 10.1. The fraction of sp³-hybridized carbons (Fsp3) is 0.478. The van der Waals surface area contributed by atoms with Crippen LogP contribution in [-0.4, -0.2) is 61.4 Å². The Morgan fingerprint density at radius 3 is 2.29 bits per heavy atom. The molecular weight excluding hydrogens is 352 g/mol. The van der Waals surface area contributed by atoms with Crippen molar-refractivity contribution in [3.8, 4) is 11.5 Å². The molecule has 0 aromatic heterocycles. The van der Waals surface area contributed by atoms with Crippen molar-refractivity contribution in [2.45, 2.75) is 39.1 Å². The Balaban J connectivity index is 1.90. The maximum Gasteiger partial charge on any atom is 0.161 e. The van der Waals surface area contributed by atoms with Crippen LogP contribution in [0.3, 0.4) is 0 Å². The normalized spacial score (nSPS) is 12.6. The van der Waals surface area contributed by atoms with E-state index < -0.39 is 6.10 Å². The molecule has 28 heavy (non-hydrogen) atoms. The molecule has 154 valence electrons. The summed E-state index contributed by atoms with van der Waals surface area (Å²) >= 11 is 0. The van der Waals surface area contributed by atoms with Crippen LogP contribution < -0.4 is 9.47 Å². The van der Waals surface area contributed by atoms with E-state index in [-0.39, 0.29) is 6.61 Å². The largest absolute Gasteiger partial charge is 0.493 e. The molecule has 0 bridgehead atoms. The van der Waals surface area contributed by atoms with E-state index in [1.807, 2.05) is 37.4 Å². The summed E-state index contributed by atoms with van der Waals surface area (Å²) in [6.07, 6.45) is -0.583. The molecule has 0 saturated heterocycles. The first-order valence-corrected chi connectivity index (χ1v) is 9.79. The van der Waals surface area contributed by atoms with Crippen LogP contribution in [0.25, 0.3) is 0 Å². The van der Waals surface area contributed by atoms with Gasteiger partial charge in [-0.2, -0.15) is 0 Å². The second kappa shape index (κ2) is 11.1. The number of aliphatic hydroxyl groups excluding tert-OH is 1. The molecule has 0 amide bonds. The molecule has 5 heteroatoms. The van der Waals surface area contributed by atoms with Crippen molar-refractivity contribution in [1.82, 2.24) is 9.80 Å². The third-order valence-corrected chi connectivity index (χ3v) is 4.79. The zero-order valence-corrected chi connectivity index (χ0v) is 17.8. The Hall–Kier alpha value is -2.08. The Kier molecular flexibility index (Phi) is 8.77. The van der Waals surface area contributed by atoms with Crippen molar-refractivity contribution in [1.29, 1.82) is 0 Å². The summed E-state index contributed by atoms with van der Waals surface area (Å²) in [7, 11) is 5.73. The lowest BCUT2D eigenvalue weighted by Gasteiger charge is -2.23. The molecule has 2 aromatic rings. The number of likely N-dealkylation sites (N-methyl/N-ethyl adjacent to an activating group) is 1. The fourth-order valence-electron chi connectivity index (χ4n) is 2.96. The van der Waals surface area contributed by atoms with Crippen molar-refractivity contribution in [3.63, 3.8) is 0 Å². The van der Waals surface area contributed by atoms with Crippen LogP contribution in [0, 0.1) is 0 Å². The Bertz CT molecular complexity index is 706. The molecule has 0 spiro atoms. The molecule has 0 saturated carbocycles. The van der Waals surface area contributed by atoms with Crippen molar-refractivity contribution < 1.29 is 14.6 Å². The van der Waals surface area contributed by atoms with Crippen LogP contribution in [0.1, 0.15) is 25.0 Å². The van der Waals surface area contributed by atoms with Gasteiger partial charge in [-0.3, -0.25) is 9.80 Å². The van der Waals surface area contributed by atoms with E-state index in [0.717, 1.165) is 18.7 Å². The predicted octanol–water partition coefficient (Wildman–Crippen LogP) is 3.41. The Morgan fingerprint density at radius 2 is 1.64 bits per heavy atom. The van der Waals surface area contributed by atoms with E-state index in [1.54, 1.807) is 7.11 Å². The second-order valence-corrected chi connectivity index (χ2v) is 7.64. The molecule has 0 unspecified atom stereocenters. The summed E-state index contributed by atoms with van der Waals surface area (Å²) in [5.41, 5.74) is 2.38. The third kappa shape index (κ3) is 7.15. The summed E-state index contributed by atoms with van der Waals surface area (Å²) in [6.45, 7) is 6.72. The van der Waals surface area contributed by atoms with E-state index in [2.05, 4.69) is 48.9 Å². The summed E-state index contributed by atoms with van der Waals surface area (Å²) in [6, 6.07) is 16.7. The molecule has 0 heterocycles. The average molecular weight is 387 g/mol. The third-order valence-electron chi connectivity index (χ3n) is 4.79. The van der Waals surface area contributed by atoms with Gasteiger partial charge in [-0.05, 0) is 51.2 Å². The highest BCUT2D eigenvalue weighted by molar-refractivity contribution is 5.43. The van der Waals surface area contributed by atoms with Gasteiger partial charge in [0.1, 0.15) is 12.7 Å². The van der Waals surface area contributed by atoms with Crippen LogP contribution in [-0.2, 0) is 13.1 Å². The van der Waals surface area contributed by atoms with Gasteiger partial charge in [-0.25, -0.2) is 0 Å². The van der Waals surface area contributed by atoms with Gasteiger partial charge in [0.25, 0.3) is 0 Å². The van der Waals surface area contributed by atoms with Crippen molar-refractivity contribution in [2.75, 3.05) is 34.4 Å². The second-order valence-electron chi connectivity index (χ2n) is 7.64. The first kappa shape index (κ1) is 22.2. The summed E-state index contributed by atoms with van der Waals surface area (Å²) < 4.78 is 11.3. The maximum absolute atomic E-state index is 10.4. The highest BCUT2D eigenvalue weighted by atomic mass is 16.5. The van der Waals surface area contributed by atoms with Crippen LogP contribution >= 0.6 is 0 Å². The molecule has 0 aliphatic carbocycles. The summed E-state index contributed by atoms with van der Waals surface area (Å²) in [5.74, 6) is 1.35. The lowest BCUT2D eigenvalue weighted by Crippen LogP contribution is -2.32. The van der Waals surface area contributed by atoms with Gasteiger partial charge in [0.15, 0.2) is 11.5 Å². The number of nitrogens with zero attached hydrogens (tertiary/aromatic N) is 2. The standard InChI is InChI=1S/C23H34N2O3/c1-18(2)25(4)15-20-11-12-22(27-5)23(13-20)28-17-21(26)16-24(3)14-19-9-7-6-8-10-19/h6-13,18,21,26H,14-17H2,1-5H3/t21-/m1/s1. The highest BCUT2D eigenvalue weighted by Crippen LogP contribution is 2.28. The zero-order valence-electron chi connectivity index (χ0n) is 17.8. The first-order chi connectivity index (χ1) is 13.4. The molecule has 5 nitrogen and oxygen atoms in total. The molecule has 0 aliphatic rings. The van der Waals surface area contributed by atoms with Gasteiger partial charge in [-0.15, -0.1) is 0 Å². The van der Waals surface area contributed by atoms with Gasteiger partial charge in [0.2, 0.25) is 0 Å². The fourth-order valence-corrected chi connectivity index (χ4v) is 2.96. The average Bonchev–Trinajstić information content (AvgIpc) is 2.67. The quantitative estimate of drug-likeness (QED) is 0.641.